The monoisotopic (exact) mass is 410 g/mol. The summed E-state index contributed by atoms with van der Waals surface area (Å²) >= 11 is 0. The van der Waals surface area contributed by atoms with Gasteiger partial charge < -0.3 is 10.1 Å². The Morgan fingerprint density at radius 2 is 1.72 bits per heavy atom. The molecule has 1 aromatic heterocycles. The first-order valence-electron chi connectivity index (χ1n) is 8.98. The molecular formula is C20H18N4O4S. The molecule has 0 saturated heterocycles. The van der Waals surface area contributed by atoms with Crippen LogP contribution in [-0.2, 0) is 10.0 Å². The second-order valence-electron chi connectivity index (χ2n) is 6.54. The first-order chi connectivity index (χ1) is 14.0. The number of rotatable bonds is 7. The largest absolute Gasteiger partial charge is 0.424 e. The number of carbonyl (C=O) groups excluding carboxylic acids is 1. The number of amides is 1. The normalized spacial score (nSPS) is 13.7. The maximum atomic E-state index is 12.5. The van der Waals surface area contributed by atoms with Crippen molar-refractivity contribution in [1.29, 1.82) is 0 Å². The number of aromatic nitrogens is 2. The first-order valence-corrected chi connectivity index (χ1v) is 10.5. The van der Waals surface area contributed by atoms with Crippen LogP contribution in [0.3, 0.4) is 0 Å². The van der Waals surface area contributed by atoms with Crippen LogP contribution >= 0.6 is 0 Å². The van der Waals surface area contributed by atoms with Crippen LogP contribution < -0.4 is 14.8 Å². The predicted octanol–water partition coefficient (Wildman–Crippen LogP) is 2.96. The number of nitrogens with one attached hydrogen (secondary N) is 2. The van der Waals surface area contributed by atoms with Gasteiger partial charge in [0.25, 0.3) is 5.91 Å². The Kier molecular flexibility index (Phi) is 5.24. The zero-order valence-corrected chi connectivity index (χ0v) is 16.1. The number of hydrogen-bond acceptors (Lipinski definition) is 6. The molecule has 2 N–H and O–H groups in total. The first kappa shape index (κ1) is 19.0. The van der Waals surface area contributed by atoms with Gasteiger partial charge in [-0.3, -0.25) is 4.79 Å². The fourth-order valence-corrected chi connectivity index (χ4v) is 3.90. The molecular weight excluding hydrogens is 392 g/mol. The van der Waals surface area contributed by atoms with E-state index in [4.69, 9.17) is 4.74 Å². The van der Waals surface area contributed by atoms with E-state index in [1.54, 1.807) is 54.9 Å². The molecule has 1 saturated carbocycles. The molecule has 1 aliphatic carbocycles. The highest BCUT2D eigenvalue weighted by Gasteiger charge is 2.28. The Hall–Kier alpha value is -3.30. The van der Waals surface area contributed by atoms with Gasteiger partial charge in [-0.2, -0.15) is 0 Å². The zero-order valence-electron chi connectivity index (χ0n) is 15.3. The summed E-state index contributed by atoms with van der Waals surface area (Å²) in [6, 6.07) is 14.6. The number of carbonyl (C=O) groups is 1. The summed E-state index contributed by atoms with van der Waals surface area (Å²) in [5.74, 6) is 0.113. The van der Waals surface area contributed by atoms with Gasteiger partial charge in [0.1, 0.15) is 5.75 Å². The third kappa shape index (κ3) is 4.95. The van der Waals surface area contributed by atoms with Gasteiger partial charge in [0.15, 0.2) is 0 Å². The smallest absolute Gasteiger partial charge is 0.321 e. The molecule has 29 heavy (non-hydrogen) atoms. The minimum Gasteiger partial charge on any atom is -0.424 e. The van der Waals surface area contributed by atoms with E-state index in [9.17, 15) is 13.2 Å². The molecule has 1 fully saturated rings. The molecule has 0 bridgehead atoms. The van der Waals surface area contributed by atoms with Crippen molar-refractivity contribution in [2.24, 2.45) is 0 Å². The van der Waals surface area contributed by atoms with Crippen LogP contribution in [0.5, 0.6) is 11.8 Å². The topological polar surface area (TPSA) is 110 Å². The van der Waals surface area contributed by atoms with Crippen LogP contribution in [0.1, 0.15) is 23.2 Å². The Balaban J connectivity index is 1.43. The van der Waals surface area contributed by atoms with Crippen molar-refractivity contribution in [2.45, 2.75) is 23.8 Å². The van der Waals surface area contributed by atoms with E-state index in [0.717, 1.165) is 12.8 Å². The lowest BCUT2D eigenvalue weighted by Crippen LogP contribution is -2.26. The van der Waals surface area contributed by atoms with Gasteiger partial charge in [0.05, 0.1) is 4.90 Å². The molecule has 9 heteroatoms. The molecule has 0 spiro atoms. The lowest BCUT2D eigenvalue weighted by Gasteiger charge is -2.09. The third-order valence-electron chi connectivity index (χ3n) is 4.17. The number of hydrogen-bond donors (Lipinski definition) is 2. The average Bonchev–Trinajstić information content (AvgIpc) is 3.54. The number of anilines is 1. The molecule has 0 radical (unpaired) electrons. The summed E-state index contributed by atoms with van der Waals surface area (Å²) in [7, 11) is -3.62. The highest BCUT2D eigenvalue weighted by atomic mass is 32.2. The Labute approximate surface area is 168 Å². The van der Waals surface area contributed by atoms with Gasteiger partial charge in [0.2, 0.25) is 10.0 Å². The van der Waals surface area contributed by atoms with Crippen molar-refractivity contribution in [3.63, 3.8) is 0 Å². The maximum absolute atomic E-state index is 12.5. The standard InChI is InChI=1S/C20H18N4O4S/c25-19(14-3-1-4-18(13-14)29(26,27)24-16-5-6-16)23-15-7-9-17(10-8-15)28-20-21-11-2-12-22-20/h1-4,7-13,16,24H,5-6H2,(H,23,25). The summed E-state index contributed by atoms with van der Waals surface area (Å²) in [6.07, 6.45) is 4.84. The summed E-state index contributed by atoms with van der Waals surface area (Å²) in [5.41, 5.74) is 0.794. The van der Waals surface area contributed by atoms with E-state index in [-0.39, 0.29) is 22.5 Å². The Morgan fingerprint density at radius 3 is 2.41 bits per heavy atom. The minimum absolute atomic E-state index is 0.000461. The van der Waals surface area contributed by atoms with Crippen LogP contribution in [0.25, 0.3) is 0 Å². The Bertz CT molecular complexity index is 1110. The van der Waals surface area contributed by atoms with Gasteiger partial charge >= 0.3 is 6.01 Å². The van der Waals surface area contributed by atoms with E-state index >= 15 is 0 Å². The van der Waals surface area contributed by atoms with Crippen molar-refractivity contribution in [3.8, 4) is 11.8 Å². The summed E-state index contributed by atoms with van der Waals surface area (Å²) in [5, 5.41) is 2.74. The molecule has 3 aromatic rings. The number of sulfonamides is 1. The molecule has 8 nitrogen and oxygen atoms in total. The van der Waals surface area contributed by atoms with Crippen molar-refractivity contribution in [2.75, 3.05) is 5.32 Å². The summed E-state index contributed by atoms with van der Waals surface area (Å²) in [6.45, 7) is 0. The summed E-state index contributed by atoms with van der Waals surface area (Å²) in [4.78, 5) is 20.6. The molecule has 0 aliphatic heterocycles. The highest BCUT2D eigenvalue weighted by Crippen LogP contribution is 2.23. The number of ether oxygens (including phenoxy) is 1. The molecule has 2 aromatic carbocycles. The van der Waals surface area contributed by atoms with Gasteiger partial charge in [-0.1, -0.05) is 6.07 Å². The van der Waals surface area contributed by atoms with Gasteiger partial charge in [-0.05, 0) is 61.4 Å². The van der Waals surface area contributed by atoms with Crippen LogP contribution in [0.2, 0.25) is 0 Å². The predicted molar refractivity (Wildman–Crippen MR) is 106 cm³/mol. The van der Waals surface area contributed by atoms with Crippen LogP contribution in [-0.4, -0.2) is 30.3 Å². The van der Waals surface area contributed by atoms with Crippen molar-refractivity contribution < 1.29 is 17.9 Å². The lowest BCUT2D eigenvalue weighted by atomic mass is 10.2. The molecule has 0 atom stereocenters. The average molecular weight is 410 g/mol. The fourth-order valence-electron chi connectivity index (χ4n) is 2.55. The molecule has 1 heterocycles. The van der Waals surface area contributed by atoms with Crippen LogP contribution in [0.4, 0.5) is 5.69 Å². The molecule has 1 aliphatic rings. The van der Waals surface area contributed by atoms with E-state index in [2.05, 4.69) is 20.0 Å². The van der Waals surface area contributed by atoms with Crippen LogP contribution in [0.15, 0.2) is 71.9 Å². The second-order valence-corrected chi connectivity index (χ2v) is 8.25. The lowest BCUT2D eigenvalue weighted by molar-refractivity contribution is 0.102. The second kappa shape index (κ2) is 7.98. The Morgan fingerprint density at radius 1 is 1.00 bits per heavy atom. The number of benzene rings is 2. The van der Waals surface area contributed by atoms with Gasteiger partial charge in [0, 0.05) is 29.7 Å². The van der Waals surface area contributed by atoms with E-state index in [1.807, 2.05) is 0 Å². The van der Waals surface area contributed by atoms with E-state index in [1.165, 1.54) is 12.1 Å². The van der Waals surface area contributed by atoms with E-state index < -0.39 is 15.9 Å². The molecule has 4 rings (SSSR count). The minimum atomic E-state index is -3.62. The zero-order chi connectivity index (χ0) is 20.3. The molecule has 1 amide bonds. The van der Waals surface area contributed by atoms with Crippen molar-refractivity contribution in [1.82, 2.24) is 14.7 Å². The van der Waals surface area contributed by atoms with Crippen molar-refractivity contribution >= 4 is 21.6 Å². The number of nitrogens with zero attached hydrogens (tertiary/aromatic N) is 2. The highest BCUT2D eigenvalue weighted by molar-refractivity contribution is 7.89. The van der Waals surface area contributed by atoms with Gasteiger partial charge in [-0.25, -0.2) is 23.1 Å². The fraction of sp³-hybridized carbons (Fsp3) is 0.150. The quantitative estimate of drug-likeness (QED) is 0.620. The maximum Gasteiger partial charge on any atom is 0.321 e. The van der Waals surface area contributed by atoms with E-state index in [0.29, 0.717) is 11.4 Å². The van der Waals surface area contributed by atoms with Crippen molar-refractivity contribution in [3.05, 3.63) is 72.6 Å². The molecule has 148 valence electrons. The summed E-state index contributed by atoms with van der Waals surface area (Å²) < 4.78 is 32.8. The molecule has 0 unspecified atom stereocenters. The van der Waals surface area contributed by atoms with Crippen LogP contribution in [0, 0.1) is 0 Å². The SMILES string of the molecule is O=C(Nc1ccc(Oc2ncccn2)cc1)c1cccc(S(=O)(=O)NC2CC2)c1. The third-order valence-corrected chi connectivity index (χ3v) is 5.69. The van der Waals surface area contributed by atoms with Gasteiger partial charge in [-0.15, -0.1) is 0 Å².